The Morgan fingerprint density at radius 2 is 1.76 bits per heavy atom. The van der Waals surface area contributed by atoms with Crippen LogP contribution in [0.2, 0.25) is 0 Å². The first-order valence-electron chi connectivity index (χ1n) is 8.98. The van der Waals surface area contributed by atoms with Gasteiger partial charge in [-0.1, -0.05) is 24.3 Å². The minimum absolute atomic E-state index is 0.226. The Morgan fingerprint density at radius 1 is 0.931 bits per heavy atom. The highest BCUT2D eigenvalue weighted by molar-refractivity contribution is 6.05. The lowest BCUT2D eigenvalue weighted by molar-refractivity contribution is 0.0961. The molecule has 144 valence electrons. The van der Waals surface area contributed by atoms with Gasteiger partial charge in [0.1, 0.15) is 11.4 Å². The van der Waals surface area contributed by atoms with Gasteiger partial charge in [-0.25, -0.2) is 4.68 Å². The predicted octanol–water partition coefficient (Wildman–Crippen LogP) is 3.74. The number of nitrogens with one attached hydrogen (secondary N) is 2. The zero-order valence-electron chi connectivity index (χ0n) is 15.6. The summed E-state index contributed by atoms with van der Waals surface area (Å²) in [5.41, 5.74) is 2.60. The van der Waals surface area contributed by atoms with E-state index in [1.807, 2.05) is 30.3 Å². The smallest absolute Gasteiger partial charge is 0.274 e. The molecule has 0 radical (unpaired) electrons. The van der Waals surface area contributed by atoms with E-state index in [0.717, 1.165) is 5.69 Å². The quantitative estimate of drug-likeness (QED) is 0.547. The number of hydrogen-bond donors (Lipinski definition) is 2. The van der Waals surface area contributed by atoms with E-state index < -0.39 is 0 Å². The number of furan rings is 1. The van der Waals surface area contributed by atoms with Crippen molar-refractivity contribution in [2.75, 3.05) is 12.4 Å². The van der Waals surface area contributed by atoms with Gasteiger partial charge in [0, 0.05) is 24.4 Å². The molecule has 0 saturated carbocycles. The SMILES string of the molecule is CNC(=O)c1cccc(NC(=O)c2cc(-c3ccco3)nn2-c2ccccc2)c1. The topological polar surface area (TPSA) is 89.2 Å². The molecule has 2 aromatic heterocycles. The second-order valence-corrected chi connectivity index (χ2v) is 6.25. The zero-order chi connectivity index (χ0) is 20.2. The maximum Gasteiger partial charge on any atom is 0.274 e. The number of carbonyl (C=O) groups excluding carboxylic acids is 2. The number of aromatic nitrogens is 2. The molecule has 7 heteroatoms. The fourth-order valence-corrected chi connectivity index (χ4v) is 2.93. The van der Waals surface area contributed by atoms with Gasteiger partial charge in [0.05, 0.1) is 12.0 Å². The summed E-state index contributed by atoms with van der Waals surface area (Å²) in [4.78, 5) is 24.9. The molecule has 0 aliphatic carbocycles. The molecule has 0 atom stereocenters. The van der Waals surface area contributed by atoms with Crippen LogP contribution >= 0.6 is 0 Å². The number of amides is 2. The highest BCUT2D eigenvalue weighted by Gasteiger charge is 2.19. The summed E-state index contributed by atoms with van der Waals surface area (Å²) in [5, 5.41) is 9.95. The van der Waals surface area contributed by atoms with E-state index in [4.69, 9.17) is 4.42 Å². The molecule has 0 bridgehead atoms. The average Bonchev–Trinajstić information content (AvgIpc) is 3.44. The number of para-hydroxylation sites is 1. The van der Waals surface area contributed by atoms with E-state index in [2.05, 4.69) is 15.7 Å². The van der Waals surface area contributed by atoms with Crippen LogP contribution in [0.1, 0.15) is 20.8 Å². The Morgan fingerprint density at radius 3 is 2.48 bits per heavy atom. The number of carbonyl (C=O) groups is 2. The van der Waals surface area contributed by atoms with Crippen molar-refractivity contribution < 1.29 is 14.0 Å². The van der Waals surface area contributed by atoms with Crippen molar-refractivity contribution in [1.82, 2.24) is 15.1 Å². The maximum absolute atomic E-state index is 13.0. The van der Waals surface area contributed by atoms with Gasteiger partial charge >= 0.3 is 0 Å². The largest absolute Gasteiger partial charge is 0.463 e. The summed E-state index contributed by atoms with van der Waals surface area (Å²) in [7, 11) is 1.56. The first-order chi connectivity index (χ1) is 14.2. The second-order valence-electron chi connectivity index (χ2n) is 6.25. The summed E-state index contributed by atoms with van der Waals surface area (Å²) in [5.74, 6) is -0.0147. The third kappa shape index (κ3) is 3.79. The maximum atomic E-state index is 13.0. The number of nitrogens with zero attached hydrogens (tertiary/aromatic N) is 2. The van der Waals surface area contributed by atoms with Crippen LogP contribution in [0.15, 0.2) is 83.5 Å². The van der Waals surface area contributed by atoms with Crippen molar-refractivity contribution >= 4 is 17.5 Å². The van der Waals surface area contributed by atoms with E-state index in [-0.39, 0.29) is 11.8 Å². The highest BCUT2D eigenvalue weighted by Crippen LogP contribution is 2.23. The molecular weight excluding hydrogens is 368 g/mol. The van der Waals surface area contributed by atoms with E-state index in [1.54, 1.807) is 60.5 Å². The van der Waals surface area contributed by atoms with Gasteiger partial charge in [-0.15, -0.1) is 0 Å². The second kappa shape index (κ2) is 7.85. The van der Waals surface area contributed by atoms with Gasteiger partial charge in [0.25, 0.3) is 11.8 Å². The Kier molecular flexibility index (Phi) is 4.94. The van der Waals surface area contributed by atoms with Crippen LogP contribution in [0.25, 0.3) is 17.1 Å². The molecule has 2 aromatic carbocycles. The standard InChI is InChI=1S/C22H18N4O3/c1-23-21(27)15-7-5-8-16(13-15)24-22(28)19-14-18(20-11-6-12-29-20)25-26(19)17-9-3-2-4-10-17/h2-14H,1H3,(H,23,27)(H,24,28). The molecule has 0 aliphatic rings. The van der Waals surface area contributed by atoms with Gasteiger partial charge in [-0.3, -0.25) is 9.59 Å². The molecule has 0 aliphatic heterocycles. The molecule has 0 spiro atoms. The first kappa shape index (κ1) is 18.2. The van der Waals surface area contributed by atoms with Crippen LogP contribution in [0, 0.1) is 0 Å². The first-order valence-corrected chi connectivity index (χ1v) is 8.98. The third-order valence-corrected chi connectivity index (χ3v) is 4.33. The minimum atomic E-state index is -0.354. The Labute approximate surface area is 167 Å². The molecule has 4 rings (SSSR count). The van der Waals surface area contributed by atoms with Crippen molar-refractivity contribution in [3.8, 4) is 17.1 Å². The van der Waals surface area contributed by atoms with E-state index in [9.17, 15) is 9.59 Å². The lowest BCUT2D eigenvalue weighted by Crippen LogP contribution is -2.19. The highest BCUT2D eigenvalue weighted by atomic mass is 16.3. The van der Waals surface area contributed by atoms with Crippen molar-refractivity contribution in [2.45, 2.75) is 0 Å². The van der Waals surface area contributed by atoms with E-state index >= 15 is 0 Å². The number of rotatable bonds is 5. The number of anilines is 1. The van der Waals surface area contributed by atoms with Crippen molar-refractivity contribution in [3.63, 3.8) is 0 Å². The molecule has 2 heterocycles. The van der Waals surface area contributed by atoms with Gasteiger partial charge in [-0.05, 0) is 42.5 Å². The van der Waals surface area contributed by atoms with E-state index in [0.29, 0.717) is 28.4 Å². The van der Waals surface area contributed by atoms with Crippen LogP contribution < -0.4 is 10.6 Å². The minimum Gasteiger partial charge on any atom is -0.463 e. The normalized spacial score (nSPS) is 10.5. The Hall–Kier alpha value is -4.13. The van der Waals surface area contributed by atoms with Crippen LogP contribution in [0.3, 0.4) is 0 Å². The van der Waals surface area contributed by atoms with Crippen LogP contribution in [-0.4, -0.2) is 28.6 Å². The Bertz CT molecular complexity index is 1150. The molecule has 29 heavy (non-hydrogen) atoms. The fourth-order valence-electron chi connectivity index (χ4n) is 2.93. The van der Waals surface area contributed by atoms with Crippen LogP contribution in [-0.2, 0) is 0 Å². The van der Waals surface area contributed by atoms with Crippen molar-refractivity contribution in [1.29, 1.82) is 0 Å². The van der Waals surface area contributed by atoms with Crippen LogP contribution in [0.4, 0.5) is 5.69 Å². The van der Waals surface area contributed by atoms with Gasteiger partial charge in [0.2, 0.25) is 0 Å². The summed E-state index contributed by atoms with van der Waals surface area (Å²) in [6.45, 7) is 0. The molecule has 4 aromatic rings. The van der Waals surface area contributed by atoms with Gasteiger partial charge < -0.3 is 15.1 Å². The number of benzene rings is 2. The molecule has 7 nitrogen and oxygen atoms in total. The van der Waals surface area contributed by atoms with Crippen molar-refractivity contribution in [3.05, 3.63) is 90.3 Å². The zero-order valence-corrected chi connectivity index (χ0v) is 15.6. The summed E-state index contributed by atoms with van der Waals surface area (Å²) >= 11 is 0. The lowest BCUT2D eigenvalue weighted by atomic mass is 10.2. The fraction of sp³-hybridized carbons (Fsp3) is 0.0455. The van der Waals surface area contributed by atoms with Crippen LogP contribution in [0.5, 0.6) is 0 Å². The number of hydrogen-bond acceptors (Lipinski definition) is 4. The molecule has 0 unspecified atom stereocenters. The third-order valence-electron chi connectivity index (χ3n) is 4.33. The lowest BCUT2D eigenvalue weighted by Gasteiger charge is -2.09. The molecule has 2 amide bonds. The molecule has 0 saturated heterocycles. The molecule has 2 N–H and O–H groups in total. The molecular formula is C22H18N4O3. The summed E-state index contributed by atoms with van der Waals surface area (Å²) in [6, 6.07) is 21.3. The van der Waals surface area contributed by atoms with Gasteiger partial charge in [-0.2, -0.15) is 5.10 Å². The summed E-state index contributed by atoms with van der Waals surface area (Å²) in [6.07, 6.45) is 1.56. The summed E-state index contributed by atoms with van der Waals surface area (Å²) < 4.78 is 6.99. The van der Waals surface area contributed by atoms with E-state index in [1.165, 1.54) is 0 Å². The van der Waals surface area contributed by atoms with Crippen molar-refractivity contribution in [2.24, 2.45) is 0 Å². The average molecular weight is 386 g/mol. The predicted molar refractivity (Wildman–Crippen MR) is 109 cm³/mol. The monoisotopic (exact) mass is 386 g/mol. The molecule has 0 fully saturated rings. The Balaban J connectivity index is 1.70. The van der Waals surface area contributed by atoms with Gasteiger partial charge in [0.15, 0.2) is 5.76 Å².